The second-order valence-electron chi connectivity index (χ2n) is 6.48. The van der Waals surface area contributed by atoms with Crippen molar-refractivity contribution in [2.75, 3.05) is 6.54 Å². The van der Waals surface area contributed by atoms with Crippen LogP contribution in [-0.2, 0) is 11.2 Å². The molecule has 3 rings (SSSR count). The molecule has 4 nitrogen and oxygen atoms in total. The predicted octanol–water partition coefficient (Wildman–Crippen LogP) is 4.00. The molecule has 26 heavy (non-hydrogen) atoms. The van der Waals surface area contributed by atoms with Gasteiger partial charge in [0.1, 0.15) is 5.82 Å². The molecule has 0 atom stereocenters. The van der Waals surface area contributed by atoms with E-state index in [0.29, 0.717) is 18.5 Å². The summed E-state index contributed by atoms with van der Waals surface area (Å²) in [4.78, 5) is 19.3. The molecule has 3 aromatic rings. The van der Waals surface area contributed by atoms with Gasteiger partial charge in [-0.25, -0.2) is 4.39 Å². The summed E-state index contributed by atoms with van der Waals surface area (Å²) in [5, 5.41) is 3.78. The van der Waals surface area contributed by atoms with Gasteiger partial charge < -0.3 is 10.3 Å². The van der Waals surface area contributed by atoms with Crippen molar-refractivity contribution in [1.29, 1.82) is 0 Å². The molecule has 134 valence electrons. The van der Waals surface area contributed by atoms with Crippen LogP contribution >= 0.6 is 0 Å². The van der Waals surface area contributed by atoms with Gasteiger partial charge in [0.25, 0.3) is 0 Å². The fourth-order valence-corrected chi connectivity index (χ4v) is 3.06. The number of aromatic nitrogens is 2. The normalized spacial score (nSPS) is 11.4. The zero-order valence-corrected chi connectivity index (χ0v) is 15.2. The van der Waals surface area contributed by atoms with Crippen LogP contribution in [0.15, 0.2) is 36.5 Å². The van der Waals surface area contributed by atoms with Crippen LogP contribution in [0.1, 0.15) is 28.1 Å². The highest BCUT2D eigenvalue weighted by Gasteiger charge is 2.13. The van der Waals surface area contributed by atoms with Crippen LogP contribution in [-0.4, -0.2) is 22.4 Å². The molecule has 0 aliphatic carbocycles. The molecule has 2 aromatic heterocycles. The fraction of sp³-hybridized carbons (Fsp3) is 0.238. The summed E-state index contributed by atoms with van der Waals surface area (Å²) >= 11 is 0. The van der Waals surface area contributed by atoms with Gasteiger partial charge in [-0.2, -0.15) is 0 Å². The first kappa shape index (κ1) is 17.9. The van der Waals surface area contributed by atoms with E-state index in [1.807, 2.05) is 32.9 Å². The standard InChI is InChI=1S/C21H22FN3O/c1-13-4-6-16(24-12-13)7-9-19(26)23-11-10-17-15(3)25-21-18(22)8-5-14(2)20(17)21/h4-9,12,25H,10-11H2,1-3H3,(H,23,26). The maximum atomic E-state index is 14.0. The van der Waals surface area contributed by atoms with Crippen LogP contribution in [0.5, 0.6) is 0 Å². The molecule has 0 aliphatic rings. The lowest BCUT2D eigenvalue weighted by Crippen LogP contribution is -2.23. The molecular formula is C21H22FN3O. The van der Waals surface area contributed by atoms with Crippen molar-refractivity contribution in [2.24, 2.45) is 0 Å². The summed E-state index contributed by atoms with van der Waals surface area (Å²) in [6.45, 7) is 6.34. The Labute approximate surface area is 152 Å². The van der Waals surface area contributed by atoms with Crippen molar-refractivity contribution in [2.45, 2.75) is 27.2 Å². The first-order chi connectivity index (χ1) is 12.5. The van der Waals surface area contributed by atoms with Gasteiger partial charge >= 0.3 is 0 Å². The lowest BCUT2D eigenvalue weighted by Gasteiger charge is -2.05. The number of hydrogen-bond acceptors (Lipinski definition) is 2. The van der Waals surface area contributed by atoms with Gasteiger partial charge in [-0.05, 0) is 62.1 Å². The number of amides is 1. The largest absolute Gasteiger partial charge is 0.356 e. The Morgan fingerprint density at radius 2 is 2.04 bits per heavy atom. The number of nitrogens with zero attached hydrogens (tertiary/aromatic N) is 1. The number of hydrogen-bond donors (Lipinski definition) is 2. The molecule has 2 N–H and O–H groups in total. The molecule has 0 aliphatic heterocycles. The van der Waals surface area contributed by atoms with E-state index in [2.05, 4.69) is 15.3 Å². The lowest BCUT2D eigenvalue weighted by molar-refractivity contribution is -0.116. The highest BCUT2D eigenvalue weighted by Crippen LogP contribution is 2.27. The first-order valence-electron chi connectivity index (χ1n) is 8.60. The molecule has 0 saturated carbocycles. The quantitative estimate of drug-likeness (QED) is 0.683. The molecule has 0 saturated heterocycles. The van der Waals surface area contributed by atoms with E-state index in [9.17, 15) is 9.18 Å². The molecule has 0 radical (unpaired) electrons. The van der Waals surface area contributed by atoms with Crippen molar-refractivity contribution < 1.29 is 9.18 Å². The Bertz CT molecular complexity index is 971. The summed E-state index contributed by atoms with van der Waals surface area (Å²) < 4.78 is 14.0. The van der Waals surface area contributed by atoms with Crippen molar-refractivity contribution in [1.82, 2.24) is 15.3 Å². The summed E-state index contributed by atoms with van der Waals surface area (Å²) in [5.74, 6) is -0.426. The third kappa shape index (κ3) is 3.82. The number of carbonyl (C=O) groups excluding carboxylic acids is 1. The minimum absolute atomic E-state index is 0.173. The number of H-pyrrole nitrogens is 1. The van der Waals surface area contributed by atoms with E-state index >= 15 is 0 Å². The maximum Gasteiger partial charge on any atom is 0.244 e. The summed E-state index contributed by atoms with van der Waals surface area (Å²) in [6, 6.07) is 7.07. The van der Waals surface area contributed by atoms with Gasteiger partial charge in [0.2, 0.25) is 5.91 Å². The van der Waals surface area contributed by atoms with Crippen molar-refractivity contribution in [3.63, 3.8) is 0 Å². The highest BCUT2D eigenvalue weighted by molar-refractivity contribution is 5.91. The molecule has 1 aromatic carbocycles. The molecule has 0 bridgehead atoms. The van der Waals surface area contributed by atoms with Crippen LogP contribution in [0.3, 0.4) is 0 Å². The molecule has 1 amide bonds. The smallest absolute Gasteiger partial charge is 0.244 e. The summed E-state index contributed by atoms with van der Waals surface area (Å²) in [7, 11) is 0. The van der Waals surface area contributed by atoms with E-state index in [4.69, 9.17) is 0 Å². The Balaban J connectivity index is 1.64. The lowest BCUT2D eigenvalue weighted by atomic mass is 10.0. The zero-order chi connectivity index (χ0) is 18.7. The van der Waals surface area contributed by atoms with E-state index in [0.717, 1.165) is 33.5 Å². The highest BCUT2D eigenvalue weighted by atomic mass is 19.1. The molecule has 2 heterocycles. The number of nitrogens with one attached hydrogen (secondary N) is 2. The topological polar surface area (TPSA) is 57.8 Å². The number of benzene rings is 1. The molecule has 5 heteroatoms. The second kappa shape index (κ2) is 7.52. The van der Waals surface area contributed by atoms with Crippen LogP contribution in [0.25, 0.3) is 17.0 Å². The third-order valence-electron chi connectivity index (χ3n) is 4.44. The van der Waals surface area contributed by atoms with Gasteiger partial charge in [0.15, 0.2) is 0 Å². The van der Waals surface area contributed by atoms with Crippen molar-refractivity contribution in [3.05, 3.63) is 70.4 Å². The van der Waals surface area contributed by atoms with Gasteiger partial charge in [-0.1, -0.05) is 12.1 Å². The van der Waals surface area contributed by atoms with Gasteiger partial charge in [0.05, 0.1) is 11.2 Å². The van der Waals surface area contributed by atoms with Gasteiger partial charge in [0, 0.05) is 29.9 Å². The fourth-order valence-electron chi connectivity index (χ4n) is 3.06. The molecule has 0 spiro atoms. The number of carbonyl (C=O) groups is 1. The molecule has 0 fully saturated rings. The first-order valence-corrected chi connectivity index (χ1v) is 8.60. The minimum atomic E-state index is -0.252. The molecular weight excluding hydrogens is 329 g/mol. The Morgan fingerprint density at radius 3 is 2.77 bits per heavy atom. The van der Waals surface area contributed by atoms with Crippen LogP contribution in [0.4, 0.5) is 4.39 Å². The van der Waals surface area contributed by atoms with Crippen molar-refractivity contribution in [3.8, 4) is 0 Å². The van der Waals surface area contributed by atoms with Crippen LogP contribution in [0.2, 0.25) is 0 Å². The maximum absolute atomic E-state index is 14.0. The number of rotatable bonds is 5. The molecule has 0 unspecified atom stereocenters. The third-order valence-corrected chi connectivity index (χ3v) is 4.44. The number of aryl methyl sites for hydroxylation is 3. The second-order valence-corrected chi connectivity index (χ2v) is 6.48. The Morgan fingerprint density at radius 1 is 1.23 bits per heavy atom. The predicted molar refractivity (Wildman–Crippen MR) is 102 cm³/mol. The number of pyridine rings is 1. The average molecular weight is 351 g/mol. The Hall–Kier alpha value is -2.95. The monoisotopic (exact) mass is 351 g/mol. The summed E-state index contributed by atoms with van der Waals surface area (Å²) in [6.07, 6.45) is 5.56. The van der Waals surface area contributed by atoms with E-state index in [1.165, 1.54) is 12.1 Å². The Kier molecular flexibility index (Phi) is 5.16. The van der Waals surface area contributed by atoms with Crippen LogP contribution in [0, 0.1) is 26.6 Å². The zero-order valence-electron chi connectivity index (χ0n) is 15.2. The number of halogens is 1. The SMILES string of the molecule is Cc1ccc(C=CC(=O)NCCc2c(C)[nH]c3c(F)ccc(C)c23)nc1. The number of aromatic amines is 1. The van der Waals surface area contributed by atoms with E-state index in [1.54, 1.807) is 18.3 Å². The van der Waals surface area contributed by atoms with E-state index in [-0.39, 0.29) is 11.7 Å². The number of fused-ring (bicyclic) bond motifs is 1. The van der Waals surface area contributed by atoms with Crippen molar-refractivity contribution >= 4 is 22.9 Å². The van der Waals surface area contributed by atoms with E-state index < -0.39 is 0 Å². The minimum Gasteiger partial charge on any atom is -0.356 e. The van der Waals surface area contributed by atoms with Gasteiger partial charge in [-0.15, -0.1) is 0 Å². The van der Waals surface area contributed by atoms with Crippen LogP contribution < -0.4 is 5.32 Å². The average Bonchev–Trinajstić information content (AvgIpc) is 2.96. The summed E-state index contributed by atoms with van der Waals surface area (Å²) in [5.41, 5.74) is 5.35. The van der Waals surface area contributed by atoms with Gasteiger partial charge in [-0.3, -0.25) is 9.78 Å².